The molecule has 3 nitrogen and oxygen atoms in total. The first-order valence-corrected chi connectivity index (χ1v) is 7.65. The molecule has 0 aliphatic rings. The fourth-order valence-corrected chi connectivity index (χ4v) is 2.54. The van der Waals surface area contributed by atoms with Crippen molar-refractivity contribution in [2.24, 2.45) is 0 Å². The van der Waals surface area contributed by atoms with Crippen molar-refractivity contribution < 1.29 is 4.39 Å². The van der Waals surface area contributed by atoms with E-state index < -0.39 is 0 Å². The van der Waals surface area contributed by atoms with Crippen LogP contribution in [0.2, 0.25) is 0 Å². The molecular formula is C16H19BrFN3. The van der Waals surface area contributed by atoms with Crippen molar-refractivity contribution in [3.8, 4) is 0 Å². The number of nitrogens with zero attached hydrogens (tertiary/aromatic N) is 2. The van der Waals surface area contributed by atoms with E-state index in [0.717, 1.165) is 28.0 Å². The van der Waals surface area contributed by atoms with E-state index in [1.807, 2.05) is 26.2 Å². The molecule has 1 aromatic heterocycles. The average Bonchev–Trinajstić information content (AvgIpc) is 2.45. The highest BCUT2D eigenvalue weighted by molar-refractivity contribution is 9.10. The molecule has 0 amide bonds. The first-order valence-electron chi connectivity index (χ1n) is 6.86. The molecule has 0 fully saturated rings. The number of nitrogens with one attached hydrogen (secondary N) is 1. The van der Waals surface area contributed by atoms with E-state index in [0.29, 0.717) is 0 Å². The van der Waals surface area contributed by atoms with E-state index in [1.54, 1.807) is 6.07 Å². The maximum Gasteiger partial charge on any atom is 0.141 e. The fourth-order valence-electron chi connectivity index (χ4n) is 2.18. The molecule has 2 rings (SSSR count). The molecule has 0 saturated heterocycles. The molecule has 1 heterocycles. The minimum Gasteiger partial charge on any atom is -0.376 e. The van der Waals surface area contributed by atoms with Crippen molar-refractivity contribution in [2.75, 3.05) is 24.3 Å². The second kappa shape index (κ2) is 6.89. The quantitative estimate of drug-likeness (QED) is 0.852. The molecule has 1 atom stereocenters. The van der Waals surface area contributed by atoms with Gasteiger partial charge in [0.2, 0.25) is 0 Å². The molecule has 0 saturated carbocycles. The summed E-state index contributed by atoms with van der Waals surface area (Å²) in [6.45, 7) is 2.08. The van der Waals surface area contributed by atoms with Gasteiger partial charge in [-0.3, -0.25) is 4.98 Å². The normalized spacial score (nSPS) is 12.0. The number of anilines is 2. The van der Waals surface area contributed by atoms with E-state index >= 15 is 0 Å². The number of halogens is 2. The molecule has 0 spiro atoms. The van der Waals surface area contributed by atoms with Crippen molar-refractivity contribution in [2.45, 2.75) is 19.4 Å². The van der Waals surface area contributed by atoms with Gasteiger partial charge in [0.05, 0.1) is 29.3 Å². The van der Waals surface area contributed by atoms with Crippen LogP contribution in [0, 0.1) is 5.82 Å². The average molecular weight is 352 g/mol. The highest BCUT2D eigenvalue weighted by atomic mass is 79.9. The summed E-state index contributed by atoms with van der Waals surface area (Å²) in [5.74, 6) is -0.315. The second-order valence-electron chi connectivity index (χ2n) is 5.06. The van der Waals surface area contributed by atoms with Crippen LogP contribution < -0.4 is 10.2 Å². The molecule has 0 aliphatic carbocycles. The second-order valence-corrected chi connectivity index (χ2v) is 5.98. The van der Waals surface area contributed by atoms with E-state index in [-0.39, 0.29) is 11.9 Å². The van der Waals surface area contributed by atoms with E-state index in [9.17, 15) is 4.39 Å². The summed E-state index contributed by atoms with van der Waals surface area (Å²) in [6, 6.07) is 9.32. The molecule has 5 heteroatoms. The van der Waals surface area contributed by atoms with Gasteiger partial charge < -0.3 is 10.2 Å². The summed E-state index contributed by atoms with van der Waals surface area (Å²) < 4.78 is 14.0. The Morgan fingerprint density at radius 1 is 1.29 bits per heavy atom. The smallest absolute Gasteiger partial charge is 0.141 e. The van der Waals surface area contributed by atoms with E-state index in [4.69, 9.17) is 0 Å². The summed E-state index contributed by atoms with van der Waals surface area (Å²) in [6.07, 6.45) is 2.12. The predicted molar refractivity (Wildman–Crippen MR) is 89.3 cm³/mol. The van der Waals surface area contributed by atoms with Crippen LogP contribution in [-0.2, 0) is 0 Å². The summed E-state index contributed by atoms with van der Waals surface area (Å²) in [5.41, 5.74) is 2.95. The number of hydrogen-bond acceptors (Lipinski definition) is 3. The molecule has 0 bridgehead atoms. The van der Waals surface area contributed by atoms with Crippen LogP contribution in [0.3, 0.4) is 0 Å². The van der Waals surface area contributed by atoms with Gasteiger partial charge in [0.1, 0.15) is 5.82 Å². The van der Waals surface area contributed by atoms with Gasteiger partial charge in [0, 0.05) is 18.6 Å². The largest absolute Gasteiger partial charge is 0.376 e. The Morgan fingerprint density at radius 2 is 2.05 bits per heavy atom. The van der Waals surface area contributed by atoms with Crippen LogP contribution >= 0.6 is 15.9 Å². The molecule has 1 aromatic carbocycles. The molecule has 21 heavy (non-hydrogen) atoms. The van der Waals surface area contributed by atoms with Crippen LogP contribution in [0.15, 0.2) is 41.0 Å². The highest BCUT2D eigenvalue weighted by Gasteiger charge is 2.14. The van der Waals surface area contributed by atoms with Crippen LogP contribution in [-0.4, -0.2) is 19.1 Å². The molecule has 0 aliphatic heterocycles. The van der Waals surface area contributed by atoms with Gasteiger partial charge >= 0.3 is 0 Å². The zero-order valence-electron chi connectivity index (χ0n) is 12.4. The van der Waals surface area contributed by atoms with Gasteiger partial charge in [-0.25, -0.2) is 4.39 Å². The third-order valence-corrected chi connectivity index (χ3v) is 3.78. The lowest BCUT2D eigenvalue weighted by atomic mass is 10.1. The van der Waals surface area contributed by atoms with Gasteiger partial charge in [0.15, 0.2) is 0 Å². The molecule has 112 valence electrons. The van der Waals surface area contributed by atoms with Crippen LogP contribution in [0.25, 0.3) is 0 Å². The van der Waals surface area contributed by atoms with Crippen molar-refractivity contribution >= 4 is 27.3 Å². The van der Waals surface area contributed by atoms with E-state index in [2.05, 4.69) is 44.1 Å². The van der Waals surface area contributed by atoms with Crippen molar-refractivity contribution in [1.82, 2.24) is 4.98 Å². The molecule has 0 radical (unpaired) electrons. The van der Waals surface area contributed by atoms with Gasteiger partial charge in [-0.1, -0.05) is 22.9 Å². The first kappa shape index (κ1) is 15.8. The van der Waals surface area contributed by atoms with E-state index in [1.165, 1.54) is 12.3 Å². The lowest BCUT2D eigenvalue weighted by Crippen LogP contribution is -2.16. The highest BCUT2D eigenvalue weighted by Crippen LogP contribution is 2.31. The third kappa shape index (κ3) is 3.94. The van der Waals surface area contributed by atoms with Crippen LogP contribution in [0.4, 0.5) is 15.8 Å². The Labute approximate surface area is 133 Å². The SMILES string of the molecule is CCC(Nc1cc(Br)ccc1N(C)C)c1ccc(F)cn1. The molecular weight excluding hydrogens is 333 g/mol. The zero-order chi connectivity index (χ0) is 15.4. The summed E-state index contributed by atoms with van der Waals surface area (Å²) in [4.78, 5) is 6.23. The lowest BCUT2D eigenvalue weighted by molar-refractivity contribution is 0.614. The van der Waals surface area contributed by atoms with Crippen molar-refractivity contribution in [3.05, 3.63) is 52.5 Å². The molecule has 1 N–H and O–H groups in total. The monoisotopic (exact) mass is 351 g/mol. The first-order chi connectivity index (χ1) is 10.0. The Morgan fingerprint density at radius 3 is 2.62 bits per heavy atom. The minimum atomic E-state index is -0.315. The van der Waals surface area contributed by atoms with Gasteiger partial charge in [-0.2, -0.15) is 0 Å². The van der Waals surface area contributed by atoms with Gasteiger partial charge in [0.25, 0.3) is 0 Å². The Kier molecular flexibility index (Phi) is 5.17. The zero-order valence-corrected chi connectivity index (χ0v) is 14.0. The predicted octanol–water partition coefficient (Wildman–Crippen LogP) is 4.61. The number of pyridine rings is 1. The number of rotatable bonds is 5. The van der Waals surface area contributed by atoms with Crippen LogP contribution in [0.5, 0.6) is 0 Å². The molecule has 1 unspecified atom stereocenters. The topological polar surface area (TPSA) is 28.2 Å². The standard InChI is InChI=1S/C16H19BrFN3/c1-4-13(14-7-6-12(18)10-19-14)20-15-9-11(17)5-8-16(15)21(2)3/h5-10,13,20H,4H2,1-3H3. The number of aromatic nitrogens is 1. The Hall–Kier alpha value is -1.62. The van der Waals surface area contributed by atoms with Crippen molar-refractivity contribution in [3.63, 3.8) is 0 Å². The van der Waals surface area contributed by atoms with Crippen LogP contribution in [0.1, 0.15) is 25.1 Å². The Balaban J connectivity index is 2.30. The maximum absolute atomic E-state index is 13.0. The van der Waals surface area contributed by atoms with Gasteiger partial charge in [-0.15, -0.1) is 0 Å². The molecule has 2 aromatic rings. The lowest BCUT2D eigenvalue weighted by Gasteiger charge is -2.23. The number of benzene rings is 1. The number of hydrogen-bond donors (Lipinski definition) is 1. The summed E-state index contributed by atoms with van der Waals surface area (Å²) in [7, 11) is 4.01. The minimum absolute atomic E-state index is 0.0404. The Bertz CT molecular complexity index is 599. The van der Waals surface area contributed by atoms with Crippen molar-refractivity contribution in [1.29, 1.82) is 0 Å². The maximum atomic E-state index is 13.0. The third-order valence-electron chi connectivity index (χ3n) is 3.29. The summed E-state index contributed by atoms with van der Waals surface area (Å²) in [5, 5.41) is 3.50. The van der Waals surface area contributed by atoms with Gasteiger partial charge in [-0.05, 0) is 36.8 Å². The summed E-state index contributed by atoms with van der Waals surface area (Å²) >= 11 is 3.50. The fraction of sp³-hybridized carbons (Fsp3) is 0.312.